The normalized spacial score (nSPS) is 10.8. The molecule has 2 aromatic rings. The first-order chi connectivity index (χ1) is 9.52. The SMILES string of the molecule is Cc1cccc(CSc2cc(N)cc(OC(C)C)c2)c1. The maximum atomic E-state index is 5.93. The molecule has 0 aliphatic carbocycles. The summed E-state index contributed by atoms with van der Waals surface area (Å²) >= 11 is 1.78. The number of hydrogen-bond donors (Lipinski definition) is 1. The predicted molar refractivity (Wildman–Crippen MR) is 87.4 cm³/mol. The fourth-order valence-electron chi connectivity index (χ4n) is 1.99. The molecule has 3 heteroatoms. The van der Waals surface area contributed by atoms with Crippen LogP contribution in [0.1, 0.15) is 25.0 Å². The van der Waals surface area contributed by atoms with Crippen LogP contribution >= 0.6 is 11.8 Å². The van der Waals surface area contributed by atoms with Crippen LogP contribution in [0.3, 0.4) is 0 Å². The molecule has 0 radical (unpaired) electrons. The van der Waals surface area contributed by atoms with Crippen LogP contribution < -0.4 is 10.5 Å². The molecule has 0 unspecified atom stereocenters. The van der Waals surface area contributed by atoms with E-state index in [0.717, 1.165) is 22.1 Å². The zero-order chi connectivity index (χ0) is 14.5. The van der Waals surface area contributed by atoms with Gasteiger partial charge in [-0.25, -0.2) is 0 Å². The molecule has 0 fully saturated rings. The fourth-order valence-corrected chi connectivity index (χ4v) is 2.92. The molecule has 20 heavy (non-hydrogen) atoms. The molecule has 0 bridgehead atoms. The predicted octanol–water partition coefficient (Wildman–Crippen LogP) is 4.66. The summed E-state index contributed by atoms with van der Waals surface area (Å²) in [6, 6.07) is 14.5. The zero-order valence-corrected chi connectivity index (χ0v) is 13.0. The summed E-state index contributed by atoms with van der Waals surface area (Å²) in [5, 5.41) is 0. The van der Waals surface area contributed by atoms with E-state index in [1.807, 2.05) is 26.0 Å². The monoisotopic (exact) mass is 287 g/mol. The molecule has 2 rings (SSSR count). The van der Waals surface area contributed by atoms with Gasteiger partial charge in [-0.05, 0) is 38.5 Å². The van der Waals surface area contributed by atoms with Crippen LogP contribution in [-0.2, 0) is 5.75 Å². The van der Waals surface area contributed by atoms with Crippen LogP contribution in [-0.4, -0.2) is 6.10 Å². The Morgan fingerprint density at radius 3 is 2.65 bits per heavy atom. The van der Waals surface area contributed by atoms with Gasteiger partial charge in [-0.2, -0.15) is 0 Å². The summed E-state index contributed by atoms with van der Waals surface area (Å²) in [7, 11) is 0. The summed E-state index contributed by atoms with van der Waals surface area (Å²) in [6.45, 7) is 6.15. The number of anilines is 1. The Labute approximate surface area is 125 Å². The van der Waals surface area contributed by atoms with Gasteiger partial charge in [0.05, 0.1) is 6.10 Å². The van der Waals surface area contributed by atoms with Crippen LogP contribution in [0.25, 0.3) is 0 Å². The largest absolute Gasteiger partial charge is 0.491 e. The van der Waals surface area contributed by atoms with Gasteiger partial charge in [-0.15, -0.1) is 11.8 Å². The Kier molecular flexibility index (Phi) is 4.96. The van der Waals surface area contributed by atoms with E-state index < -0.39 is 0 Å². The van der Waals surface area contributed by atoms with E-state index in [-0.39, 0.29) is 6.10 Å². The molecule has 0 saturated heterocycles. The second-order valence-corrected chi connectivity index (χ2v) is 6.23. The van der Waals surface area contributed by atoms with Crippen molar-refractivity contribution >= 4 is 17.4 Å². The zero-order valence-electron chi connectivity index (χ0n) is 12.2. The first kappa shape index (κ1) is 14.8. The smallest absolute Gasteiger partial charge is 0.122 e. The van der Waals surface area contributed by atoms with Gasteiger partial charge in [-0.3, -0.25) is 0 Å². The summed E-state index contributed by atoms with van der Waals surface area (Å²) in [5.74, 6) is 1.78. The van der Waals surface area contributed by atoms with Crippen LogP contribution in [0, 0.1) is 6.92 Å². The number of nitrogen functional groups attached to an aromatic ring is 1. The van der Waals surface area contributed by atoms with Crippen molar-refractivity contribution in [3.8, 4) is 5.75 Å². The minimum Gasteiger partial charge on any atom is -0.491 e. The Balaban J connectivity index is 2.07. The number of thioether (sulfide) groups is 1. The van der Waals surface area contributed by atoms with Crippen molar-refractivity contribution in [2.24, 2.45) is 0 Å². The van der Waals surface area contributed by atoms with Crippen LogP contribution in [0.5, 0.6) is 5.75 Å². The van der Waals surface area contributed by atoms with Crippen molar-refractivity contribution in [3.05, 3.63) is 53.6 Å². The maximum absolute atomic E-state index is 5.93. The standard InChI is InChI=1S/C17H21NOS/c1-12(2)19-16-8-15(18)9-17(10-16)20-11-14-6-4-5-13(3)7-14/h4-10,12H,11,18H2,1-3H3. The molecule has 2 nitrogen and oxygen atoms in total. The number of ether oxygens (including phenoxy) is 1. The molecule has 2 aromatic carbocycles. The van der Waals surface area contributed by atoms with E-state index in [2.05, 4.69) is 37.3 Å². The molecule has 0 saturated carbocycles. The van der Waals surface area contributed by atoms with Gasteiger partial charge in [0, 0.05) is 22.4 Å². The molecular formula is C17H21NOS. The van der Waals surface area contributed by atoms with Crippen LogP contribution in [0.2, 0.25) is 0 Å². The van der Waals surface area contributed by atoms with Gasteiger partial charge in [0.1, 0.15) is 5.75 Å². The van der Waals surface area contributed by atoms with Gasteiger partial charge in [0.15, 0.2) is 0 Å². The van der Waals surface area contributed by atoms with Crippen molar-refractivity contribution in [3.63, 3.8) is 0 Å². The highest BCUT2D eigenvalue weighted by Gasteiger charge is 2.04. The molecule has 0 aliphatic rings. The van der Waals surface area contributed by atoms with Gasteiger partial charge < -0.3 is 10.5 Å². The number of benzene rings is 2. The van der Waals surface area contributed by atoms with Crippen molar-refractivity contribution in [2.75, 3.05) is 5.73 Å². The van der Waals surface area contributed by atoms with Crippen molar-refractivity contribution < 1.29 is 4.74 Å². The van der Waals surface area contributed by atoms with E-state index in [1.54, 1.807) is 11.8 Å². The molecule has 0 spiro atoms. The average Bonchev–Trinajstić information content (AvgIpc) is 2.35. The Bertz CT molecular complexity index is 581. The highest BCUT2D eigenvalue weighted by Crippen LogP contribution is 2.29. The number of nitrogens with two attached hydrogens (primary N) is 1. The maximum Gasteiger partial charge on any atom is 0.122 e. The van der Waals surface area contributed by atoms with Crippen LogP contribution in [0.4, 0.5) is 5.69 Å². The van der Waals surface area contributed by atoms with Gasteiger partial charge in [-0.1, -0.05) is 29.8 Å². The topological polar surface area (TPSA) is 35.2 Å². The van der Waals surface area contributed by atoms with Gasteiger partial charge in [0.2, 0.25) is 0 Å². The van der Waals surface area contributed by atoms with Crippen molar-refractivity contribution in [2.45, 2.75) is 37.5 Å². The lowest BCUT2D eigenvalue weighted by Crippen LogP contribution is -2.05. The summed E-state index contributed by atoms with van der Waals surface area (Å²) < 4.78 is 5.71. The van der Waals surface area contributed by atoms with Gasteiger partial charge >= 0.3 is 0 Å². The van der Waals surface area contributed by atoms with E-state index in [4.69, 9.17) is 10.5 Å². The quantitative estimate of drug-likeness (QED) is 0.642. The van der Waals surface area contributed by atoms with E-state index in [0.29, 0.717) is 0 Å². The highest BCUT2D eigenvalue weighted by atomic mass is 32.2. The third-order valence-corrected chi connectivity index (χ3v) is 3.81. The van der Waals surface area contributed by atoms with Crippen molar-refractivity contribution in [1.29, 1.82) is 0 Å². The Morgan fingerprint density at radius 2 is 1.95 bits per heavy atom. The average molecular weight is 287 g/mol. The molecule has 0 atom stereocenters. The molecule has 0 heterocycles. The van der Waals surface area contributed by atoms with Crippen molar-refractivity contribution in [1.82, 2.24) is 0 Å². The first-order valence-corrected chi connectivity index (χ1v) is 7.77. The Hall–Kier alpha value is -1.61. The minimum absolute atomic E-state index is 0.159. The lowest BCUT2D eigenvalue weighted by molar-refractivity contribution is 0.242. The van der Waals surface area contributed by atoms with E-state index in [9.17, 15) is 0 Å². The summed E-state index contributed by atoms with van der Waals surface area (Å²) in [5.41, 5.74) is 9.29. The lowest BCUT2D eigenvalue weighted by Gasteiger charge is -2.12. The van der Waals surface area contributed by atoms with Crippen LogP contribution in [0.15, 0.2) is 47.4 Å². The number of hydrogen-bond acceptors (Lipinski definition) is 3. The fraction of sp³-hybridized carbons (Fsp3) is 0.294. The second kappa shape index (κ2) is 6.71. The number of rotatable bonds is 5. The first-order valence-electron chi connectivity index (χ1n) is 6.78. The molecule has 2 N–H and O–H groups in total. The molecule has 0 aromatic heterocycles. The minimum atomic E-state index is 0.159. The Morgan fingerprint density at radius 1 is 1.15 bits per heavy atom. The van der Waals surface area contributed by atoms with E-state index in [1.165, 1.54) is 11.1 Å². The van der Waals surface area contributed by atoms with Gasteiger partial charge in [0.25, 0.3) is 0 Å². The highest BCUT2D eigenvalue weighted by molar-refractivity contribution is 7.98. The number of aryl methyl sites for hydroxylation is 1. The lowest BCUT2D eigenvalue weighted by atomic mass is 10.2. The second-order valence-electron chi connectivity index (χ2n) is 5.18. The molecule has 0 amide bonds. The third kappa shape index (κ3) is 4.49. The molecular weight excluding hydrogens is 266 g/mol. The third-order valence-electron chi connectivity index (χ3n) is 2.76. The summed E-state index contributed by atoms with van der Waals surface area (Å²) in [4.78, 5) is 1.14. The molecule has 0 aliphatic heterocycles. The van der Waals surface area contributed by atoms with E-state index >= 15 is 0 Å². The molecule has 106 valence electrons. The summed E-state index contributed by atoms with van der Waals surface area (Å²) in [6.07, 6.45) is 0.159.